The number of aromatic nitrogens is 2. The summed E-state index contributed by atoms with van der Waals surface area (Å²) >= 11 is 7.85. The molecule has 1 unspecified atom stereocenters. The Balaban J connectivity index is 1.46. The number of methoxy groups -OCH3 is 2. The zero-order valence-electron chi connectivity index (χ0n) is 23.2. The third-order valence-corrected chi connectivity index (χ3v) is 10.5. The van der Waals surface area contributed by atoms with E-state index in [0.717, 1.165) is 36.5 Å². The smallest absolute Gasteiger partial charge is 0.266 e. The van der Waals surface area contributed by atoms with Gasteiger partial charge in [-0.2, -0.15) is 4.37 Å². The summed E-state index contributed by atoms with van der Waals surface area (Å²) in [6.07, 6.45) is 4.70. The van der Waals surface area contributed by atoms with Crippen LogP contribution in [0.5, 0.6) is 11.5 Å². The fraction of sp³-hybridized carbons (Fsp3) is 0.333. The van der Waals surface area contributed by atoms with Gasteiger partial charge in [0.05, 0.1) is 25.7 Å². The molecule has 2 heterocycles. The molecule has 3 aromatic carbocycles. The molecule has 1 aliphatic rings. The summed E-state index contributed by atoms with van der Waals surface area (Å²) in [7, 11) is -0.953. The molecule has 0 bridgehead atoms. The lowest BCUT2D eigenvalue weighted by Gasteiger charge is -2.40. The van der Waals surface area contributed by atoms with Crippen molar-refractivity contribution in [2.45, 2.75) is 49.7 Å². The van der Waals surface area contributed by atoms with E-state index in [4.69, 9.17) is 21.1 Å². The van der Waals surface area contributed by atoms with Crippen LogP contribution in [0.25, 0.3) is 0 Å². The van der Waals surface area contributed by atoms with E-state index in [-0.39, 0.29) is 28.7 Å². The van der Waals surface area contributed by atoms with Gasteiger partial charge in [0, 0.05) is 40.3 Å². The summed E-state index contributed by atoms with van der Waals surface area (Å²) in [5.74, 6) is 1.11. The molecule has 1 aromatic heterocycles. The lowest BCUT2D eigenvalue weighted by Crippen LogP contribution is -2.35. The fourth-order valence-corrected chi connectivity index (χ4v) is 7.99. The first-order valence-electron chi connectivity index (χ1n) is 13.4. The molecule has 2 atom stereocenters. The van der Waals surface area contributed by atoms with E-state index >= 15 is 0 Å². The second-order valence-corrected chi connectivity index (χ2v) is 13.0. The van der Waals surface area contributed by atoms with Crippen molar-refractivity contribution in [1.29, 1.82) is 0 Å². The molecule has 1 saturated heterocycles. The van der Waals surface area contributed by atoms with Gasteiger partial charge in [-0.1, -0.05) is 54.4 Å². The highest BCUT2D eigenvalue weighted by atomic mass is 35.5. The first kappa shape index (κ1) is 29.3. The number of ether oxygens (including phenoxy) is 2. The van der Waals surface area contributed by atoms with Crippen molar-refractivity contribution in [2.24, 2.45) is 0 Å². The number of halogens is 1. The molecule has 1 aliphatic heterocycles. The average molecular weight is 613 g/mol. The third-order valence-electron chi connectivity index (χ3n) is 7.61. The van der Waals surface area contributed by atoms with Crippen LogP contribution >= 0.6 is 23.1 Å². The van der Waals surface area contributed by atoms with Gasteiger partial charge in [-0.05, 0) is 61.7 Å². The van der Waals surface area contributed by atoms with E-state index in [0.29, 0.717) is 22.1 Å². The van der Waals surface area contributed by atoms with Gasteiger partial charge in [-0.25, -0.2) is 17.7 Å². The molecule has 5 rings (SSSR count). The Bertz CT molecular complexity index is 1570. The summed E-state index contributed by atoms with van der Waals surface area (Å²) in [6, 6.07) is 21.1. The lowest BCUT2D eigenvalue weighted by molar-refractivity contribution is 0.103. The van der Waals surface area contributed by atoms with Crippen molar-refractivity contribution >= 4 is 38.3 Å². The van der Waals surface area contributed by atoms with Crippen molar-refractivity contribution in [3.63, 3.8) is 0 Å². The van der Waals surface area contributed by atoms with Gasteiger partial charge >= 0.3 is 0 Å². The molecule has 1 fully saturated rings. The van der Waals surface area contributed by atoms with Crippen LogP contribution in [-0.4, -0.2) is 43.4 Å². The maximum absolute atomic E-state index is 14.1. The number of hydrogen-bond acceptors (Lipinski definition) is 8. The predicted octanol–water partition coefficient (Wildman–Crippen LogP) is 6.89. The number of sulfonamides is 1. The predicted molar refractivity (Wildman–Crippen MR) is 162 cm³/mol. The first-order chi connectivity index (χ1) is 19.8. The highest BCUT2D eigenvalue weighted by molar-refractivity contribution is 7.93. The van der Waals surface area contributed by atoms with Crippen LogP contribution < -0.4 is 13.8 Å². The summed E-state index contributed by atoms with van der Waals surface area (Å²) in [5.41, 5.74) is 2.84. The summed E-state index contributed by atoms with van der Waals surface area (Å²) in [5, 5.41) is 0.658. The van der Waals surface area contributed by atoms with Crippen LogP contribution in [0.3, 0.4) is 0 Å². The number of nitrogens with zero attached hydrogens (tertiary/aromatic N) is 4. The Labute approximate surface area is 250 Å². The lowest BCUT2D eigenvalue weighted by atomic mass is 9.92. The van der Waals surface area contributed by atoms with Gasteiger partial charge in [-0.3, -0.25) is 4.90 Å². The number of piperidine rings is 1. The third kappa shape index (κ3) is 6.21. The number of benzene rings is 3. The standard InChI is InChI=1S/C30H33ClN4O4S2/c1-21(34-16-8-7-11-28(34)22-9-5-4-6-10-22)26-15-14-25(18-27(26)31)41(36,37)35(30-32-20-33-40-30)19-23-12-13-24(38-2)17-29(23)39-3/h4-6,9-10,12-15,17-18,20-21,28H,7-8,11,16,19H2,1-3H3/t21?,28-/m0/s1. The Morgan fingerprint density at radius 1 is 1.07 bits per heavy atom. The average Bonchev–Trinajstić information content (AvgIpc) is 3.54. The molecule has 216 valence electrons. The molecule has 4 aromatic rings. The Morgan fingerprint density at radius 2 is 1.88 bits per heavy atom. The molecule has 41 heavy (non-hydrogen) atoms. The molecule has 0 amide bonds. The van der Waals surface area contributed by atoms with Crippen LogP contribution in [0.4, 0.5) is 5.13 Å². The first-order valence-corrected chi connectivity index (χ1v) is 16.0. The molecule has 11 heteroatoms. The van der Waals surface area contributed by atoms with Gasteiger partial charge in [0.2, 0.25) is 5.13 Å². The van der Waals surface area contributed by atoms with E-state index < -0.39 is 10.0 Å². The largest absolute Gasteiger partial charge is 0.497 e. The molecule has 0 spiro atoms. The maximum Gasteiger partial charge on any atom is 0.266 e. The minimum atomic E-state index is -4.05. The topological polar surface area (TPSA) is 84.9 Å². The Kier molecular flexibility index (Phi) is 9.13. The molecule has 0 radical (unpaired) electrons. The van der Waals surface area contributed by atoms with Gasteiger partial charge in [-0.15, -0.1) is 0 Å². The van der Waals surface area contributed by atoms with Gasteiger partial charge in [0.25, 0.3) is 10.0 Å². The van der Waals surface area contributed by atoms with Crippen LogP contribution in [0.2, 0.25) is 5.02 Å². The number of hydrogen-bond donors (Lipinski definition) is 0. The molecule has 0 N–H and O–H groups in total. The minimum absolute atomic E-state index is 0.00694. The number of likely N-dealkylation sites (tertiary alicyclic amines) is 1. The molecule has 0 saturated carbocycles. The van der Waals surface area contributed by atoms with Crippen molar-refractivity contribution in [1.82, 2.24) is 14.3 Å². The number of rotatable bonds is 10. The molecule has 8 nitrogen and oxygen atoms in total. The summed E-state index contributed by atoms with van der Waals surface area (Å²) in [4.78, 5) is 6.76. The molecular weight excluding hydrogens is 580 g/mol. The highest BCUT2D eigenvalue weighted by Gasteiger charge is 2.32. The summed E-state index contributed by atoms with van der Waals surface area (Å²) in [6.45, 7) is 3.08. The summed E-state index contributed by atoms with van der Waals surface area (Å²) < 4.78 is 44.2. The molecule has 0 aliphatic carbocycles. The minimum Gasteiger partial charge on any atom is -0.497 e. The quantitative estimate of drug-likeness (QED) is 0.193. The van der Waals surface area contributed by atoms with Crippen LogP contribution in [0.1, 0.15) is 55.0 Å². The highest BCUT2D eigenvalue weighted by Crippen LogP contribution is 2.40. The fourth-order valence-electron chi connectivity index (χ4n) is 5.43. The second kappa shape index (κ2) is 12.8. The van der Waals surface area contributed by atoms with Crippen molar-refractivity contribution in [2.75, 3.05) is 25.1 Å². The van der Waals surface area contributed by atoms with Crippen LogP contribution in [0.15, 0.2) is 78.0 Å². The van der Waals surface area contributed by atoms with E-state index in [1.165, 1.54) is 29.7 Å². The van der Waals surface area contributed by atoms with E-state index in [1.807, 2.05) is 12.1 Å². The normalized spacial score (nSPS) is 16.7. The zero-order chi connectivity index (χ0) is 29.0. The van der Waals surface area contributed by atoms with Crippen LogP contribution in [-0.2, 0) is 16.6 Å². The van der Waals surface area contributed by atoms with Crippen molar-refractivity contribution in [3.05, 3.63) is 94.8 Å². The maximum atomic E-state index is 14.1. The van der Waals surface area contributed by atoms with Crippen molar-refractivity contribution in [3.8, 4) is 11.5 Å². The van der Waals surface area contributed by atoms with Crippen molar-refractivity contribution < 1.29 is 17.9 Å². The van der Waals surface area contributed by atoms with Gasteiger partial charge < -0.3 is 9.47 Å². The van der Waals surface area contributed by atoms with E-state index in [1.54, 1.807) is 37.4 Å². The Hall–Kier alpha value is -3.18. The zero-order valence-corrected chi connectivity index (χ0v) is 25.6. The number of anilines is 1. The van der Waals surface area contributed by atoms with Gasteiger partial charge in [0.1, 0.15) is 17.8 Å². The van der Waals surface area contributed by atoms with E-state index in [2.05, 4.69) is 45.4 Å². The molecular formula is C30H33ClN4O4S2. The van der Waals surface area contributed by atoms with E-state index in [9.17, 15) is 8.42 Å². The van der Waals surface area contributed by atoms with Crippen LogP contribution in [0, 0.1) is 0 Å². The van der Waals surface area contributed by atoms with Gasteiger partial charge in [0.15, 0.2) is 0 Å². The second-order valence-electron chi connectivity index (χ2n) is 9.93. The Morgan fingerprint density at radius 3 is 2.56 bits per heavy atom. The SMILES string of the molecule is COc1ccc(CN(c2ncns2)S(=O)(=O)c2ccc(C(C)N3CCCC[C@H]3c3ccccc3)c(Cl)c2)c(OC)c1. The monoisotopic (exact) mass is 612 g/mol.